The molecule has 0 aliphatic carbocycles. The van der Waals surface area contributed by atoms with Crippen LogP contribution in [0.15, 0.2) is 18.2 Å². The Morgan fingerprint density at radius 2 is 2.06 bits per heavy atom. The summed E-state index contributed by atoms with van der Waals surface area (Å²) in [6.45, 7) is 8.38. The van der Waals surface area contributed by atoms with Crippen molar-refractivity contribution in [2.75, 3.05) is 20.3 Å². The minimum absolute atomic E-state index is 0.707. The smallest absolute Gasteiger partial charge is 0.161 e. The largest absolute Gasteiger partial charge is 0.493 e. The molecule has 102 valence electrons. The average molecular weight is 252 g/mol. The molecule has 2 N–H and O–H groups in total. The minimum Gasteiger partial charge on any atom is -0.493 e. The van der Waals surface area contributed by atoms with Gasteiger partial charge in [-0.15, -0.1) is 0 Å². The van der Waals surface area contributed by atoms with Gasteiger partial charge < -0.3 is 14.8 Å². The lowest BCUT2D eigenvalue weighted by molar-refractivity contribution is -0.686. The van der Waals surface area contributed by atoms with Crippen LogP contribution in [0.3, 0.4) is 0 Å². The molecule has 1 atom stereocenters. The van der Waals surface area contributed by atoms with E-state index in [9.17, 15) is 0 Å². The zero-order valence-electron chi connectivity index (χ0n) is 12.0. The van der Waals surface area contributed by atoms with Crippen molar-refractivity contribution >= 4 is 0 Å². The summed E-state index contributed by atoms with van der Waals surface area (Å²) < 4.78 is 11.1. The van der Waals surface area contributed by atoms with Crippen LogP contribution >= 0.6 is 0 Å². The van der Waals surface area contributed by atoms with Gasteiger partial charge in [0.05, 0.1) is 26.3 Å². The van der Waals surface area contributed by atoms with Crippen molar-refractivity contribution in [1.82, 2.24) is 0 Å². The third-order valence-corrected chi connectivity index (χ3v) is 3.14. The summed E-state index contributed by atoms with van der Waals surface area (Å²) >= 11 is 0. The molecule has 0 aromatic heterocycles. The molecule has 0 heterocycles. The highest BCUT2D eigenvalue weighted by molar-refractivity contribution is 5.42. The molecule has 3 nitrogen and oxygen atoms in total. The van der Waals surface area contributed by atoms with Crippen molar-refractivity contribution in [3.8, 4) is 11.5 Å². The van der Waals surface area contributed by atoms with Crippen LogP contribution in [0.2, 0.25) is 0 Å². The fourth-order valence-corrected chi connectivity index (χ4v) is 1.73. The zero-order valence-corrected chi connectivity index (χ0v) is 12.0. The van der Waals surface area contributed by atoms with Gasteiger partial charge in [-0.05, 0) is 38.0 Å². The first-order chi connectivity index (χ1) is 8.67. The Balaban J connectivity index is 2.31. The monoisotopic (exact) mass is 252 g/mol. The Morgan fingerprint density at radius 3 is 2.72 bits per heavy atom. The highest BCUT2D eigenvalue weighted by Gasteiger charge is 2.05. The van der Waals surface area contributed by atoms with E-state index < -0.39 is 0 Å². The van der Waals surface area contributed by atoms with Gasteiger partial charge in [0, 0.05) is 6.42 Å². The number of nitrogens with two attached hydrogens (primary N) is 1. The van der Waals surface area contributed by atoms with Crippen LogP contribution in [0.25, 0.3) is 0 Å². The van der Waals surface area contributed by atoms with Crippen molar-refractivity contribution in [3.05, 3.63) is 23.8 Å². The van der Waals surface area contributed by atoms with E-state index in [0.717, 1.165) is 31.1 Å². The lowest BCUT2D eigenvalue weighted by Crippen LogP contribution is -2.89. The minimum atomic E-state index is 0.707. The van der Waals surface area contributed by atoms with E-state index in [0.29, 0.717) is 6.04 Å². The first-order valence-corrected chi connectivity index (χ1v) is 6.78. The Hall–Kier alpha value is -1.22. The summed E-state index contributed by atoms with van der Waals surface area (Å²) in [6.07, 6.45) is 2.27. The number of aryl methyl sites for hydroxylation is 1. The molecule has 1 aromatic rings. The molecule has 1 aromatic carbocycles. The van der Waals surface area contributed by atoms with Gasteiger partial charge in [0.1, 0.15) is 0 Å². The lowest BCUT2D eigenvalue weighted by Gasteiger charge is -2.12. The summed E-state index contributed by atoms with van der Waals surface area (Å²) in [5.74, 6) is 1.66. The van der Waals surface area contributed by atoms with Crippen molar-refractivity contribution in [2.24, 2.45) is 0 Å². The SMILES string of the molecule is CC[C@@H](C)[NH2+]CCCOc1ccc(C)cc1OC. The first-order valence-electron chi connectivity index (χ1n) is 6.78. The summed E-state index contributed by atoms with van der Waals surface area (Å²) in [6, 6.07) is 6.73. The molecule has 0 saturated carbocycles. The predicted molar refractivity (Wildman–Crippen MR) is 74.4 cm³/mol. The van der Waals surface area contributed by atoms with Gasteiger partial charge in [-0.1, -0.05) is 13.0 Å². The molecule has 0 fully saturated rings. The van der Waals surface area contributed by atoms with Crippen LogP contribution in [-0.4, -0.2) is 26.3 Å². The van der Waals surface area contributed by atoms with E-state index in [-0.39, 0.29) is 0 Å². The van der Waals surface area contributed by atoms with Gasteiger partial charge in [0.15, 0.2) is 11.5 Å². The van der Waals surface area contributed by atoms with Crippen molar-refractivity contribution in [3.63, 3.8) is 0 Å². The molecular formula is C15H26NO2+. The number of methoxy groups -OCH3 is 1. The number of hydrogen-bond acceptors (Lipinski definition) is 2. The predicted octanol–water partition coefficient (Wildman–Crippen LogP) is 2.13. The molecule has 0 bridgehead atoms. The van der Waals surface area contributed by atoms with Gasteiger partial charge in [-0.25, -0.2) is 0 Å². The maximum Gasteiger partial charge on any atom is 0.161 e. The van der Waals surface area contributed by atoms with Gasteiger partial charge >= 0.3 is 0 Å². The number of quaternary nitrogens is 1. The fraction of sp³-hybridized carbons (Fsp3) is 0.600. The normalized spacial score (nSPS) is 12.2. The second kappa shape index (κ2) is 7.98. The Bertz CT molecular complexity index is 352. The summed E-state index contributed by atoms with van der Waals surface area (Å²) in [4.78, 5) is 0. The third kappa shape index (κ3) is 4.96. The first kappa shape index (κ1) is 14.8. The molecule has 0 aliphatic heterocycles. The van der Waals surface area contributed by atoms with Crippen molar-refractivity contribution in [1.29, 1.82) is 0 Å². The molecule has 0 unspecified atom stereocenters. The molecule has 0 saturated heterocycles. The summed E-state index contributed by atoms with van der Waals surface area (Å²) in [5, 5.41) is 2.37. The van der Waals surface area contributed by atoms with Crippen LogP contribution in [0.4, 0.5) is 0 Å². The second-order valence-electron chi connectivity index (χ2n) is 4.77. The molecule has 3 heteroatoms. The van der Waals surface area contributed by atoms with Crippen LogP contribution in [0, 0.1) is 6.92 Å². The van der Waals surface area contributed by atoms with Crippen LogP contribution in [0.1, 0.15) is 32.3 Å². The number of ether oxygens (including phenoxy) is 2. The van der Waals surface area contributed by atoms with Crippen LogP contribution in [0.5, 0.6) is 11.5 Å². The molecular weight excluding hydrogens is 226 g/mol. The van der Waals surface area contributed by atoms with Crippen LogP contribution < -0.4 is 14.8 Å². The molecule has 18 heavy (non-hydrogen) atoms. The Kier molecular flexibility index (Phi) is 6.58. The Morgan fingerprint density at radius 1 is 1.28 bits per heavy atom. The third-order valence-electron chi connectivity index (χ3n) is 3.14. The summed E-state index contributed by atoms with van der Waals surface area (Å²) in [7, 11) is 1.68. The average Bonchev–Trinajstić information content (AvgIpc) is 2.39. The lowest BCUT2D eigenvalue weighted by atomic mass is 10.2. The molecule has 0 amide bonds. The van der Waals surface area contributed by atoms with E-state index in [4.69, 9.17) is 9.47 Å². The molecule has 0 aliphatic rings. The molecule has 1 rings (SSSR count). The quantitative estimate of drug-likeness (QED) is 0.719. The maximum absolute atomic E-state index is 5.75. The van der Waals surface area contributed by atoms with Gasteiger partial charge in [-0.2, -0.15) is 0 Å². The van der Waals surface area contributed by atoms with Gasteiger partial charge in [0.2, 0.25) is 0 Å². The van der Waals surface area contributed by atoms with Gasteiger partial charge in [-0.3, -0.25) is 0 Å². The second-order valence-corrected chi connectivity index (χ2v) is 4.77. The van der Waals surface area contributed by atoms with E-state index in [1.54, 1.807) is 7.11 Å². The van der Waals surface area contributed by atoms with Crippen molar-refractivity contribution < 1.29 is 14.8 Å². The van der Waals surface area contributed by atoms with E-state index in [1.807, 2.05) is 25.1 Å². The van der Waals surface area contributed by atoms with Crippen LogP contribution in [-0.2, 0) is 0 Å². The number of benzene rings is 1. The highest BCUT2D eigenvalue weighted by Crippen LogP contribution is 2.27. The standard InChI is InChI=1S/C15H25NO2/c1-5-13(3)16-9-6-10-18-14-8-7-12(2)11-15(14)17-4/h7-8,11,13,16H,5-6,9-10H2,1-4H3/p+1/t13-/m1/s1. The maximum atomic E-state index is 5.75. The fourth-order valence-electron chi connectivity index (χ4n) is 1.73. The van der Waals surface area contributed by atoms with E-state index >= 15 is 0 Å². The number of hydrogen-bond donors (Lipinski definition) is 1. The van der Waals surface area contributed by atoms with E-state index in [1.165, 1.54) is 12.0 Å². The van der Waals surface area contributed by atoms with Gasteiger partial charge in [0.25, 0.3) is 0 Å². The van der Waals surface area contributed by atoms with Crippen molar-refractivity contribution in [2.45, 2.75) is 39.7 Å². The van der Waals surface area contributed by atoms with E-state index in [2.05, 4.69) is 19.2 Å². The zero-order chi connectivity index (χ0) is 13.4. The number of rotatable bonds is 8. The molecule has 0 radical (unpaired) electrons. The molecule has 0 spiro atoms. The topological polar surface area (TPSA) is 35.1 Å². The highest BCUT2D eigenvalue weighted by atomic mass is 16.5. The Labute approximate surface area is 110 Å². The summed E-state index contributed by atoms with van der Waals surface area (Å²) in [5.41, 5.74) is 1.18.